The van der Waals surface area contributed by atoms with Crippen LogP contribution in [0, 0.1) is 11.3 Å². The molecule has 0 amide bonds. The lowest BCUT2D eigenvalue weighted by molar-refractivity contribution is 0.217. The lowest BCUT2D eigenvalue weighted by Gasteiger charge is -2.09. The number of benzene rings is 2. The molecule has 0 spiro atoms. The summed E-state index contributed by atoms with van der Waals surface area (Å²) < 4.78 is 11.2. The van der Waals surface area contributed by atoms with Crippen molar-refractivity contribution in [3.8, 4) is 28.8 Å². The summed E-state index contributed by atoms with van der Waals surface area (Å²) in [7, 11) is 0. The van der Waals surface area contributed by atoms with Gasteiger partial charge in [0.1, 0.15) is 36.5 Å². The number of nitriles is 1. The van der Waals surface area contributed by atoms with Crippen molar-refractivity contribution in [3.05, 3.63) is 59.2 Å². The summed E-state index contributed by atoms with van der Waals surface area (Å²) in [5.41, 5.74) is 1.50. The van der Waals surface area contributed by atoms with Gasteiger partial charge in [0, 0.05) is 10.6 Å². The lowest BCUT2D eigenvalue weighted by atomic mass is 10.1. The third kappa shape index (κ3) is 3.83. The van der Waals surface area contributed by atoms with Gasteiger partial charge in [0.15, 0.2) is 5.69 Å². The zero-order chi connectivity index (χ0) is 16.8. The second-order valence-corrected chi connectivity index (χ2v) is 5.25. The number of aromatic nitrogens is 3. The first-order valence-electron chi connectivity index (χ1n) is 7.19. The number of rotatable bonds is 6. The number of hydrogen-bond donors (Lipinski definition) is 1. The zero-order valence-corrected chi connectivity index (χ0v) is 13.3. The number of ether oxygens (including phenoxy) is 2. The van der Waals surface area contributed by atoms with E-state index in [1.807, 2.05) is 36.4 Å². The molecule has 2 aromatic carbocycles. The van der Waals surface area contributed by atoms with Crippen LogP contribution in [0.5, 0.6) is 11.5 Å². The summed E-state index contributed by atoms with van der Waals surface area (Å²) in [6.07, 6.45) is 0. The minimum absolute atomic E-state index is 0.247. The largest absolute Gasteiger partial charge is 0.490 e. The van der Waals surface area contributed by atoms with E-state index in [-0.39, 0.29) is 5.69 Å². The van der Waals surface area contributed by atoms with Crippen LogP contribution in [-0.2, 0) is 0 Å². The number of aromatic amines is 1. The van der Waals surface area contributed by atoms with Crippen molar-refractivity contribution < 1.29 is 9.47 Å². The second kappa shape index (κ2) is 7.49. The van der Waals surface area contributed by atoms with Crippen LogP contribution in [0.1, 0.15) is 5.69 Å². The average molecular weight is 341 g/mol. The van der Waals surface area contributed by atoms with Crippen LogP contribution in [0.25, 0.3) is 11.3 Å². The van der Waals surface area contributed by atoms with E-state index >= 15 is 0 Å². The molecule has 3 rings (SSSR count). The molecule has 1 N–H and O–H groups in total. The maximum atomic E-state index is 9.01. The molecule has 0 atom stereocenters. The van der Waals surface area contributed by atoms with Crippen LogP contribution in [0.4, 0.5) is 0 Å². The molecule has 0 radical (unpaired) electrons. The summed E-state index contributed by atoms with van der Waals surface area (Å²) in [4.78, 5) is 0. The van der Waals surface area contributed by atoms with Crippen molar-refractivity contribution >= 4 is 11.6 Å². The Bertz CT molecular complexity index is 873. The summed E-state index contributed by atoms with van der Waals surface area (Å²) in [5, 5.41) is 19.9. The van der Waals surface area contributed by atoms with Crippen molar-refractivity contribution in [1.29, 1.82) is 5.26 Å². The summed E-state index contributed by atoms with van der Waals surface area (Å²) in [6.45, 7) is 0.762. The topological polar surface area (TPSA) is 83.8 Å². The van der Waals surface area contributed by atoms with E-state index < -0.39 is 0 Å². The maximum absolute atomic E-state index is 9.01. The van der Waals surface area contributed by atoms with Crippen molar-refractivity contribution in [1.82, 2.24) is 15.4 Å². The van der Waals surface area contributed by atoms with Gasteiger partial charge in [-0.05, 0) is 30.3 Å². The molecule has 6 nitrogen and oxygen atoms in total. The first kappa shape index (κ1) is 15.8. The highest BCUT2D eigenvalue weighted by atomic mass is 35.5. The van der Waals surface area contributed by atoms with E-state index in [2.05, 4.69) is 15.4 Å². The zero-order valence-electron chi connectivity index (χ0n) is 12.6. The monoisotopic (exact) mass is 340 g/mol. The smallest absolute Gasteiger partial charge is 0.190 e. The summed E-state index contributed by atoms with van der Waals surface area (Å²) >= 11 is 5.90. The maximum Gasteiger partial charge on any atom is 0.190 e. The van der Waals surface area contributed by atoms with Crippen LogP contribution < -0.4 is 9.47 Å². The van der Waals surface area contributed by atoms with Gasteiger partial charge in [-0.25, -0.2) is 0 Å². The van der Waals surface area contributed by atoms with Crippen LogP contribution in [0.2, 0.25) is 5.02 Å². The summed E-state index contributed by atoms with van der Waals surface area (Å²) in [6, 6.07) is 16.5. The van der Waals surface area contributed by atoms with Crippen LogP contribution in [0.15, 0.2) is 48.5 Å². The number of nitrogens with one attached hydrogen (secondary N) is 1. The Labute approximate surface area is 143 Å². The molecule has 3 aromatic rings. The standard InChI is InChI=1S/C17H13ClN4O2/c18-13-4-2-6-15(10-13)24-8-7-23-14-5-1-3-12(9-14)17-16(11-19)20-22-21-17/h1-6,9-10H,7-8H2,(H,20,21,22). The third-order valence-electron chi connectivity index (χ3n) is 3.18. The van der Waals surface area contributed by atoms with E-state index in [1.54, 1.807) is 18.2 Å². The van der Waals surface area contributed by atoms with Crippen LogP contribution in [-0.4, -0.2) is 28.6 Å². The van der Waals surface area contributed by atoms with Gasteiger partial charge in [-0.1, -0.05) is 29.8 Å². The van der Waals surface area contributed by atoms with E-state index in [0.29, 0.717) is 35.4 Å². The SMILES string of the molecule is N#Cc1n[nH]nc1-c1cccc(OCCOc2cccc(Cl)c2)c1. The molecule has 0 aliphatic rings. The first-order valence-corrected chi connectivity index (χ1v) is 7.56. The molecule has 24 heavy (non-hydrogen) atoms. The molecule has 0 bridgehead atoms. The van der Waals surface area contributed by atoms with E-state index in [4.69, 9.17) is 26.3 Å². The van der Waals surface area contributed by atoms with Gasteiger partial charge in [-0.3, -0.25) is 0 Å². The number of H-pyrrole nitrogens is 1. The highest BCUT2D eigenvalue weighted by Gasteiger charge is 2.10. The van der Waals surface area contributed by atoms with E-state index in [9.17, 15) is 0 Å². The van der Waals surface area contributed by atoms with Gasteiger partial charge >= 0.3 is 0 Å². The molecule has 7 heteroatoms. The average Bonchev–Trinajstić information content (AvgIpc) is 3.08. The quantitative estimate of drug-likeness (QED) is 0.695. The predicted molar refractivity (Wildman–Crippen MR) is 89.0 cm³/mol. The lowest BCUT2D eigenvalue weighted by Crippen LogP contribution is -2.09. The molecule has 1 aromatic heterocycles. The van der Waals surface area contributed by atoms with Gasteiger partial charge in [-0.15, -0.1) is 5.10 Å². The summed E-state index contributed by atoms with van der Waals surface area (Å²) in [5.74, 6) is 1.36. The van der Waals surface area contributed by atoms with Gasteiger partial charge in [0.2, 0.25) is 0 Å². The Morgan fingerprint density at radius 1 is 1.00 bits per heavy atom. The fourth-order valence-corrected chi connectivity index (χ4v) is 2.30. The predicted octanol–water partition coefficient (Wildman–Crippen LogP) is 3.45. The molecule has 0 fully saturated rings. The van der Waals surface area contributed by atoms with Gasteiger partial charge < -0.3 is 9.47 Å². The Balaban J connectivity index is 1.58. The Morgan fingerprint density at radius 3 is 2.42 bits per heavy atom. The highest BCUT2D eigenvalue weighted by Crippen LogP contribution is 2.23. The Morgan fingerprint density at radius 2 is 1.71 bits per heavy atom. The fraction of sp³-hybridized carbons (Fsp3) is 0.118. The van der Waals surface area contributed by atoms with Gasteiger partial charge in [0.25, 0.3) is 0 Å². The van der Waals surface area contributed by atoms with Crippen molar-refractivity contribution in [2.24, 2.45) is 0 Å². The van der Waals surface area contributed by atoms with Crippen molar-refractivity contribution in [3.63, 3.8) is 0 Å². The fourth-order valence-electron chi connectivity index (χ4n) is 2.12. The number of hydrogen-bond acceptors (Lipinski definition) is 5. The molecule has 120 valence electrons. The molecule has 0 aliphatic heterocycles. The number of nitrogens with zero attached hydrogens (tertiary/aromatic N) is 3. The molecule has 0 aliphatic carbocycles. The normalized spacial score (nSPS) is 10.2. The van der Waals surface area contributed by atoms with Crippen molar-refractivity contribution in [2.45, 2.75) is 0 Å². The van der Waals surface area contributed by atoms with Crippen molar-refractivity contribution in [2.75, 3.05) is 13.2 Å². The Hall–Kier alpha value is -3.04. The molecular weight excluding hydrogens is 328 g/mol. The highest BCUT2D eigenvalue weighted by molar-refractivity contribution is 6.30. The van der Waals surface area contributed by atoms with E-state index in [1.165, 1.54) is 0 Å². The molecule has 0 unspecified atom stereocenters. The minimum atomic E-state index is 0.247. The molecule has 1 heterocycles. The first-order chi connectivity index (χ1) is 11.8. The van der Waals surface area contributed by atoms with E-state index in [0.717, 1.165) is 5.56 Å². The third-order valence-corrected chi connectivity index (χ3v) is 3.41. The van der Waals surface area contributed by atoms with Crippen LogP contribution >= 0.6 is 11.6 Å². The molecule has 0 saturated carbocycles. The molecular formula is C17H13ClN4O2. The van der Waals surface area contributed by atoms with Gasteiger partial charge in [0.05, 0.1) is 0 Å². The Kier molecular flexibility index (Phi) is 4.94. The molecule has 0 saturated heterocycles. The minimum Gasteiger partial charge on any atom is -0.490 e. The second-order valence-electron chi connectivity index (χ2n) is 4.81. The van der Waals surface area contributed by atoms with Gasteiger partial charge in [-0.2, -0.15) is 15.6 Å². The number of halogens is 1. The van der Waals surface area contributed by atoms with Crippen LogP contribution in [0.3, 0.4) is 0 Å².